The number of anilines is 1. The summed E-state index contributed by atoms with van der Waals surface area (Å²) in [5.41, 5.74) is -1.53. The van der Waals surface area contributed by atoms with Crippen molar-refractivity contribution in [3.8, 4) is 6.07 Å². The van der Waals surface area contributed by atoms with Crippen LogP contribution < -0.4 is 10.2 Å². The fourth-order valence-electron chi connectivity index (χ4n) is 6.48. The van der Waals surface area contributed by atoms with Gasteiger partial charge in [-0.3, -0.25) is 4.79 Å². The minimum Gasteiger partial charge on any atom is -0.394 e. The highest BCUT2D eigenvalue weighted by molar-refractivity contribution is 6.31. The Hall–Kier alpha value is -2.44. The van der Waals surface area contributed by atoms with Crippen LogP contribution in [0.15, 0.2) is 36.4 Å². The van der Waals surface area contributed by atoms with Crippen LogP contribution in [0.2, 0.25) is 10.0 Å². The molecule has 216 valence electrons. The smallest absolute Gasteiger partial charge is 0.242 e. The fourth-order valence-corrected chi connectivity index (χ4v) is 6.81. The summed E-state index contributed by atoms with van der Waals surface area (Å²) in [6.07, 6.45) is 4.37. The molecule has 1 aliphatic carbocycles. The Morgan fingerprint density at radius 2 is 1.95 bits per heavy atom. The molecule has 1 aliphatic heterocycles. The third kappa shape index (κ3) is 6.08. The zero-order valence-electron chi connectivity index (χ0n) is 22.5. The largest absolute Gasteiger partial charge is 0.394 e. The lowest BCUT2D eigenvalue weighted by atomic mass is 9.65. The van der Waals surface area contributed by atoms with Gasteiger partial charge in [0.1, 0.15) is 17.3 Å². The minimum absolute atomic E-state index is 0.0557. The molecular formula is C30H35Cl2F2N3O3. The number of rotatable bonds is 9. The van der Waals surface area contributed by atoms with Crippen LogP contribution in [0.25, 0.3) is 0 Å². The van der Waals surface area contributed by atoms with Gasteiger partial charge < -0.3 is 20.4 Å². The van der Waals surface area contributed by atoms with E-state index in [9.17, 15) is 15.2 Å². The van der Waals surface area contributed by atoms with E-state index in [1.54, 1.807) is 11.0 Å². The summed E-state index contributed by atoms with van der Waals surface area (Å²) in [5, 5.41) is 32.5. The molecule has 0 spiro atoms. The highest BCUT2D eigenvalue weighted by Crippen LogP contribution is 2.53. The Balaban J connectivity index is 1.87. The van der Waals surface area contributed by atoms with Crippen molar-refractivity contribution in [1.29, 1.82) is 5.26 Å². The van der Waals surface area contributed by atoms with Crippen LogP contribution in [0.5, 0.6) is 0 Å². The normalized spacial score (nSPS) is 24.9. The van der Waals surface area contributed by atoms with E-state index in [1.807, 2.05) is 0 Å². The van der Waals surface area contributed by atoms with Gasteiger partial charge in [-0.1, -0.05) is 61.5 Å². The first kappa shape index (κ1) is 30.5. The predicted molar refractivity (Wildman–Crippen MR) is 151 cm³/mol. The van der Waals surface area contributed by atoms with Crippen LogP contribution in [-0.4, -0.2) is 47.5 Å². The number of benzene rings is 2. The first-order valence-electron chi connectivity index (χ1n) is 13.7. The summed E-state index contributed by atoms with van der Waals surface area (Å²) in [6, 6.07) is 9.27. The summed E-state index contributed by atoms with van der Waals surface area (Å²) < 4.78 is 31.3. The molecule has 2 aromatic rings. The fraction of sp³-hybridized carbons (Fsp3) is 0.533. The second kappa shape index (κ2) is 12.6. The topological polar surface area (TPSA) is 96.6 Å². The first-order valence-corrected chi connectivity index (χ1v) is 14.5. The van der Waals surface area contributed by atoms with Crippen molar-refractivity contribution in [2.45, 2.75) is 81.9 Å². The van der Waals surface area contributed by atoms with Crippen LogP contribution in [0, 0.1) is 28.4 Å². The molecule has 4 atom stereocenters. The van der Waals surface area contributed by atoms with Crippen LogP contribution in [0.3, 0.4) is 0 Å². The summed E-state index contributed by atoms with van der Waals surface area (Å²) in [6.45, 7) is 1.75. The highest BCUT2D eigenvalue weighted by atomic mass is 35.5. The van der Waals surface area contributed by atoms with Gasteiger partial charge >= 0.3 is 0 Å². The molecule has 2 aromatic carbocycles. The molecule has 0 aromatic heterocycles. The van der Waals surface area contributed by atoms with E-state index in [0.717, 1.165) is 38.2 Å². The van der Waals surface area contributed by atoms with Crippen LogP contribution >= 0.6 is 23.2 Å². The van der Waals surface area contributed by atoms with Gasteiger partial charge in [-0.2, -0.15) is 5.26 Å². The third-order valence-corrected chi connectivity index (χ3v) is 9.14. The molecular weight excluding hydrogens is 559 g/mol. The molecule has 1 amide bonds. The van der Waals surface area contributed by atoms with Gasteiger partial charge in [0.05, 0.1) is 35.5 Å². The zero-order chi connectivity index (χ0) is 29.1. The molecule has 6 nitrogen and oxygen atoms in total. The summed E-state index contributed by atoms with van der Waals surface area (Å²) in [4.78, 5) is 15.3. The van der Waals surface area contributed by atoms with Gasteiger partial charge in [0.15, 0.2) is 5.82 Å². The van der Waals surface area contributed by atoms with Crippen molar-refractivity contribution < 1.29 is 23.8 Å². The quantitative estimate of drug-likeness (QED) is 0.336. The Kier molecular flexibility index (Phi) is 9.62. The number of halogens is 4. The summed E-state index contributed by atoms with van der Waals surface area (Å²) >= 11 is 12.3. The maximum Gasteiger partial charge on any atom is 0.242 e. The third-order valence-electron chi connectivity index (χ3n) is 8.61. The average Bonchev–Trinajstić information content (AvgIpc) is 3.24. The second-order valence-electron chi connectivity index (χ2n) is 11.4. The number of amides is 1. The van der Waals surface area contributed by atoms with Gasteiger partial charge in [0.25, 0.3) is 0 Å². The van der Waals surface area contributed by atoms with Crippen molar-refractivity contribution in [3.63, 3.8) is 0 Å². The lowest BCUT2D eigenvalue weighted by Crippen LogP contribution is -2.50. The van der Waals surface area contributed by atoms with Gasteiger partial charge in [-0.15, -0.1) is 0 Å². The average molecular weight is 595 g/mol. The number of nitriles is 1. The SMILES string of the molecule is CC1(CC2N(c3cccc(Cl)c3F)C(C(=O)NCC[C@H](O)CO)CC2(C#N)c2ccc(Cl)cc2F)CCCCC1. The highest BCUT2D eigenvalue weighted by Gasteiger charge is 2.58. The number of hydrogen-bond acceptors (Lipinski definition) is 5. The summed E-state index contributed by atoms with van der Waals surface area (Å²) in [7, 11) is 0. The minimum atomic E-state index is -1.50. The number of nitrogens with one attached hydrogen (secondary N) is 1. The Morgan fingerprint density at radius 3 is 2.60 bits per heavy atom. The molecule has 10 heteroatoms. The monoisotopic (exact) mass is 593 g/mol. The Labute approximate surface area is 243 Å². The Morgan fingerprint density at radius 1 is 1.23 bits per heavy atom. The molecule has 0 radical (unpaired) electrons. The maximum absolute atomic E-state index is 15.7. The maximum atomic E-state index is 15.7. The molecule has 1 heterocycles. The van der Waals surface area contributed by atoms with Crippen molar-refractivity contribution in [1.82, 2.24) is 5.32 Å². The molecule has 3 N–H and O–H groups in total. The lowest BCUT2D eigenvalue weighted by Gasteiger charge is -2.43. The van der Waals surface area contributed by atoms with E-state index < -0.39 is 47.8 Å². The molecule has 40 heavy (non-hydrogen) atoms. The Bertz CT molecular complexity index is 1270. The van der Waals surface area contributed by atoms with Crippen LogP contribution in [-0.2, 0) is 10.2 Å². The zero-order valence-corrected chi connectivity index (χ0v) is 24.0. The number of carbonyl (C=O) groups excluding carboxylic acids is 1. The molecule has 1 saturated carbocycles. The number of nitrogens with zero attached hydrogens (tertiary/aromatic N) is 2. The molecule has 4 rings (SSSR count). The second-order valence-corrected chi connectivity index (χ2v) is 12.3. The molecule has 1 saturated heterocycles. The van der Waals surface area contributed by atoms with Crippen molar-refractivity contribution >= 4 is 34.8 Å². The summed E-state index contributed by atoms with van der Waals surface area (Å²) in [5.74, 6) is -1.87. The molecule has 0 bridgehead atoms. The van der Waals surface area contributed by atoms with E-state index in [1.165, 1.54) is 24.3 Å². The molecule has 2 aliphatic rings. The van der Waals surface area contributed by atoms with E-state index in [2.05, 4.69) is 18.3 Å². The number of hydrogen-bond donors (Lipinski definition) is 3. The van der Waals surface area contributed by atoms with Crippen molar-refractivity contribution in [2.75, 3.05) is 18.1 Å². The van der Waals surface area contributed by atoms with Gasteiger partial charge in [-0.25, -0.2) is 8.78 Å². The standard InChI is InChI=1S/C30H35Cl2F2N3O3/c1-29(11-3-2-4-12-29)16-26-30(18-35,21-9-8-19(31)14-23(21)33)15-25(28(40)36-13-10-20(39)17-38)37(26)24-7-5-6-22(32)27(24)34/h5-9,14,20,25-26,38-39H,2-4,10-13,15-17H2,1H3,(H,36,40)/t20-,25?,26?,30?/m0/s1. The van der Waals surface area contributed by atoms with Crippen LogP contribution in [0.4, 0.5) is 14.5 Å². The van der Waals surface area contributed by atoms with Gasteiger partial charge in [0.2, 0.25) is 5.91 Å². The lowest BCUT2D eigenvalue weighted by molar-refractivity contribution is -0.122. The molecule has 3 unspecified atom stereocenters. The van der Waals surface area contributed by atoms with E-state index in [-0.39, 0.29) is 46.1 Å². The number of carbonyl (C=O) groups is 1. The van der Waals surface area contributed by atoms with Gasteiger partial charge in [-0.05, 0) is 55.4 Å². The molecule has 2 fully saturated rings. The van der Waals surface area contributed by atoms with Crippen LogP contribution in [0.1, 0.15) is 63.9 Å². The van der Waals surface area contributed by atoms with E-state index >= 15 is 8.78 Å². The van der Waals surface area contributed by atoms with Crippen molar-refractivity contribution in [2.24, 2.45) is 5.41 Å². The van der Waals surface area contributed by atoms with E-state index in [0.29, 0.717) is 6.42 Å². The number of aliphatic hydroxyl groups excluding tert-OH is 2. The van der Waals surface area contributed by atoms with E-state index in [4.69, 9.17) is 28.3 Å². The number of aliphatic hydroxyl groups is 2. The predicted octanol–water partition coefficient (Wildman–Crippen LogP) is 5.90. The first-order chi connectivity index (χ1) is 19.0. The van der Waals surface area contributed by atoms with Gasteiger partial charge in [0, 0.05) is 23.6 Å². The van der Waals surface area contributed by atoms with Crippen molar-refractivity contribution in [3.05, 3.63) is 63.6 Å².